The van der Waals surface area contributed by atoms with Crippen molar-refractivity contribution in [2.24, 2.45) is 0 Å². The summed E-state index contributed by atoms with van der Waals surface area (Å²) in [7, 11) is 0. The van der Waals surface area contributed by atoms with Crippen molar-refractivity contribution in [3.8, 4) is 12.3 Å². The van der Waals surface area contributed by atoms with Gasteiger partial charge < -0.3 is 5.11 Å². The molecule has 1 aliphatic heterocycles. The third-order valence-corrected chi connectivity index (χ3v) is 3.59. The van der Waals surface area contributed by atoms with Crippen molar-refractivity contribution in [3.05, 3.63) is 0 Å². The molecule has 1 nitrogen and oxygen atoms in total. The molecule has 0 spiro atoms. The first-order chi connectivity index (χ1) is 5.16. The Balaban J connectivity index is 2.43. The molecular formula is C9H14OS. The summed E-state index contributed by atoms with van der Waals surface area (Å²) in [5.41, 5.74) is -0.564. The van der Waals surface area contributed by atoms with Gasteiger partial charge in [0.1, 0.15) is 0 Å². The highest BCUT2D eigenvalue weighted by Gasteiger charge is 2.31. The van der Waals surface area contributed by atoms with E-state index in [1.165, 1.54) is 0 Å². The summed E-state index contributed by atoms with van der Waals surface area (Å²) in [6, 6.07) is 0. The molecule has 62 valence electrons. The SMILES string of the molecule is C#CCC1(O)CCC(C)SC1. The number of aliphatic hydroxyl groups is 1. The van der Waals surface area contributed by atoms with Gasteiger partial charge in [-0.25, -0.2) is 0 Å². The first-order valence-electron chi connectivity index (χ1n) is 3.94. The molecule has 2 atom stereocenters. The minimum Gasteiger partial charge on any atom is -0.388 e. The summed E-state index contributed by atoms with van der Waals surface area (Å²) < 4.78 is 0. The molecule has 0 radical (unpaired) electrons. The number of hydrogen-bond acceptors (Lipinski definition) is 2. The fraction of sp³-hybridized carbons (Fsp3) is 0.778. The van der Waals surface area contributed by atoms with E-state index in [2.05, 4.69) is 12.8 Å². The minimum atomic E-state index is -0.564. The van der Waals surface area contributed by atoms with Crippen LogP contribution in [0.15, 0.2) is 0 Å². The Kier molecular flexibility index (Phi) is 2.86. The van der Waals surface area contributed by atoms with Crippen molar-refractivity contribution < 1.29 is 5.11 Å². The molecule has 0 aromatic heterocycles. The smallest absolute Gasteiger partial charge is 0.0846 e. The second-order valence-corrected chi connectivity index (χ2v) is 4.69. The monoisotopic (exact) mass is 170 g/mol. The van der Waals surface area contributed by atoms with Crippen molar-refractivity contribution >= 4 is 11.8 Å². The van der Waals surface area contributed by atoms with Gasteiger partial charge in [0.05, 0.1) is 5.60 Å². The van der Waals surface area contributed by atoms with Crippen molar-refractivity contribution in [1.29, 1.82) is 0 Å². The normalized spacial score (nSPS) is 38.1. The molecule has 1 fully saturated rings. The van der Waals surface area contributed by atoms with Crippen LogP contribution in [0.4, 0.5) is 0 Å². The van der Waals surface area contributed by atoms with Crippen LogP contribution in [0.25, 0.3) is 0 Å². The zero-order valence-corrected chi connectivity index (χ0v) is 7.66. The Hall–Kier alpha value is -0.130. The van der Waals surface area contributed by atoms with E-state index in [0.717, 1.165) is 18.6 Å². The Morgan fingerprint density at radius 2 is 2.55 bits per heavy atom. The maximum absolute atomic E-state index is 9.83. The van der Waals surface area contributed by atoms with E-state index < -0.39 is 5.60 Å². The van der Waals surface area contributed by atoms with Crippen LogP contribution >= 0.6 is 11.8 Å². The maximum Gasteiger partial charge on any atom is 0.0846 e. The molecular weight excluding hydrogens is 156 g/mol. The predicted molar refractivity (Wildman–Crippen MR) is 49.6 cm³/mol. The molecule has 1 N–H and O–H groups in total. The van der Waals surface area contributed by atoms with E-state index in [9.17, 15) is 5.11 Å². The summed E-state index contributed by atoms with van der Waals surface area (Å²) in [4.78, 5) is 0. The van der Waals surface area contributed by atoms with Crippen molar-refractivity contribution in [3.63, 3.8) is 0 Å². The van der Waals surface area contributed by atoms with Gasteiger partial charge in [0.2, 0.25) is 0 Å². The lowest BCUT2D eigenvalue weighted by Crippen LogP contribution is -2.36. The van der Waals surface area contributed by atoms with Crippen LogP contribution in [0, 0.1) is 12.3 Å². The molecule has 0 amide bonds. The van der Waals surface area contributed by atoms with E-state index in [4.69, 9.17) is 6.42 Å². The van der Waals surface area contributed by atoms with Gasteiger partial charge in [0.15, 0.2) is 0 Å². The zero-order valence-electron chi connectivity index (χ0n) is 6.84. The molecule has 0 aromatic rings. The second-order valence-electron chi connectivity index (χ2n) is 3.27. The number of terminal acetylenes is 1. The van der Waals surface area contributed by atoms with Gasteiger partial charge in [0, 0.05) is 17.4 Å². The van der Waals surface area contributed by atoms with Gasteiger partial charge in [-0.3, -0.25) is 0 Å². The lowest BCUT2D eigenvalue weighted by atomic mass is 9.95. The largest absolute Gasteiger partial charge is 0.388 e. The highest BCUT2D eigenvalue weighted by Crippen LogP contribution is 2.33. The average Bonchev–Trinajstić information content (AvgIpc) is 1.97. The molecule has 1 heterocycles. The molecule has 1 saturated heterocycles. The quantitative estimate of drug-likeness (QED) is 0.604. The van der Waals surface area contributed by atoms with Crippen LogP contribution in [-0.4, -0.2) is 21.7 Å². The highest BCUT2D eigenvalue weighted by molar-refractivity contribution is 8.00. The molecule has 0 saturated carbocycles. The van der Waals surface area contributed by atoms with Gasteiger partial charge in [0.25, 0.3) is 0 Å². The molecule has 11 heavy (non-hydrogen) atoms. The van der Waals surface area contributed by atoms with E-state index in [-0.39, 0.29) is 0 Å². The van der Waals surface area contributed by atoms with Crippen LogP contribution in [0.2, 0.25) is 0 Å². The molecule has 2 heteroatoms. The Bertz CT molecular complexity index is 163. The summed E-state index contributed by atoms with van der Waals surface area (Å²) in [5.74, 6) is 3.33. The lowest BCUT2D eigenvalue weighted by molar-refractivity contribution is 0.0556. The fourth-order valence-corrected chi connectivity index (χ4v) is 2.38. The maximum atomic E-state index is 9.83. The molecule has 2 unspecified atom stereocenters. The molecule has 1 rings (SSSR count). The molecule has 1 aliphatic rings. The average molecular weight is 170 g/mol. The van der Waals surface area contributed by atoms with E-state index in [1.54, 1.807) is 0 Å². The van der Waals surface area contributed by atoms with Crippen molar-refractivity contribution in [2.75, 3.05) is 5.75 Å². The molecule has 0 aromatic carbocycles. The second kappa shape index (κ2) is 3.51. The number of thioether (sulfide) groups is 1. The number of rotatable bonds is 1. The zero-order chi connectivity index (χ0) is 8.32. The summed E-state index contributed by atoms with van der Waals surface area (Å²) >= 11 is 1.82. The third-order valence-electron chi connectivity index (χ3n) is 2.08. The van der Waals surface area contributed by atoms with E-state index in [1.807, 2.05) is 11.8 Å². The van der Waals surface area contributed by atoms with Crippen LogP contribution in [0.3, 0.4) is 0 Å². The summed E-state index contributed by atoms with van der Waals surface area (Å²) in [6.07, 6.45) is 7.62. The van der Waals surface area contributed by atoms with Gasteiger partial charge in [-0.1, -0.05) is 6.92 Å². The predicted octanol–water partition coefficient (Wildman–Crippen LogP) is 1.66. The first kappa shape index (κ1) is 8.96. The standard InChI is InChI=1S/C9H14OS/c1-3-5-9(10)6-4-8(2)11-7-9/h1,8,10H,4-7H2,2H3. The van der Waals surface area contributed by atoms with Crippen LogP contribution in [0.1, 0.15) is 26.2 Å². The van der Waals surface area contributed by atoms with Crippen molar-refractivity contribution in [1.82, 2.24) is 0 Å². The van der Waals surface area contributed by atoms with Gasteiger partial charge in [-0.15, -0.1) is 12.3 Å². The fourth-order valence-electron chi connectivity index (χ4n) is 1.25. The van der Waals surface area contributed by atoms with Crippen LogP contribution in [-0.2, 0) is 0 Å². The Morgan fingerprint density at radius 1 is 1.82 bits per heavy atom. The summed E-state index contributed by atoms with van der Waals surface area (Å²) in [5, 5.41) is 10.5. The Labute approximate surface area is 72.6 Å². The molecule has 0 aliphatic carbocycles. The summed E-state index contributed by atoms with van der Waals surface area (Å²) in [6.45, 7) is 2.19. The van der Waals surface area contributed by atoms with E-state index >= 15 is 0 Å². The Morgan fingerprint density at radius 3 is 3.00 bits per heavy atom. The van der Waals surface area contributed by atoms with Gasteiger partial charge in [-0.2, -0.15) is 11.8 Å². The number of hydrogen-bond donors (Lipinski definition) is 1. The topological polar surface area (TPSA) is 20.2 Å². The third kappa shape index (κ3) is 2.43. The van der Waals surface area contributed by atoms with Gasteiger partial charge >= 0.3 is 0 Å². The highest BCUT2D eigenvalue weighted by atomic mass is 32.2. The van der Waals surface area contributed by atoms with E-state index in [0.29, 0.717) is 11.7 Å². The molecule has 0 bridgehead atoms. The van der Waals surface area contributed by atoms with Crippen molar-refractivity contribution in [2.45, 2.75) is 37.0 Å². The van der Waals surface area contributed by atoms with Gasteiger partial charge in [-0.05, 0) is 12.8 Å². The lowest BCUT2D eigenvalue weighted by Gasteiger charge is -2.32. The first-order valence-corrected chi connectivity index (χ1v) is 4.99. The van der Waals surface area contributed by atoms with Crippen LogP contribution < -0.4 is 0 Å². The van der Waals surface area contributed by atoms with Crippen LogP contribution in [0.5, 0.6) is 0 Å². The minimum absolute atomic E-state index is 0.507.